The average Bonchev–Trinajstić information content (AvgIpc) is 2.51. The van der Waals surface area contributed by atoms with E-state index in [9.17, 15) is 0 Å². The quantitative estimate of drug-likeness (QED) is 0.927. The molecule has 1 saturated heterocycles. The third kappa shape index (κ3) is 3.54. The highest BCUT2D eigenvalue weighted by Gasteiger charge is 2.14. The maximum atomic E-state index is 6.15. The van der Waals surface area contributed by atoms with Gasteiger partial charge in [-0.05, 0) is 37.5 Å². The SMILES string of the molecule is Clc1ccc(Nc2cnnc(N3CCCCC3)n2)c(Cl)c1. The van der Waals surface area contributed by atoms with Gasteiger partial charge in [0.05, 0.1) is 16.9 Å². The van der Waals surface area contributed by atoms with Crippen LogP contribution in [0.15, 0.2) is 24.4 Å². The number of nitrogens with zero attached hydrogens (tertiary/aromatic N) is 4. The molecular formula is C14H15Cl2N5. The molecule has 0 aliphatic carbocycles. The van der Waals surface area contributed by atoms with E-state index in [1.54, 1.807) is 18.3 Å². The van der Waals surface area contributed by atoms with Crippen LogP contribution in [0.2, 0.25) is 10.0 Å². The maximum absolute atomic E-state index is 6.15. The number of nitrogens with one attached hydrogen (secondary N) is 1. The van der Waals surface area contributed by atoms with Crippen LogP contribution in [0.5, 0.6) is 0 Å². The standard InChI is InChI=1S/C14H15Cl2N5/c15-10-4-5-12(11(16)8-10)18-13-9-17-20-14(19-13)21-6-2-1-3-7-21/h4-5,8-9H,1-3,6-7H2,(H,18,19,20). The smallest absolute Gasteiger partial charge is 0.247 e. The lowest BCUT2D eigenvalue weighted by Gasteiger charge is -2.26. The summed E-state index contributed by atoms with van der Waals surface area (Å²) < 4.78 is 0. The normalized spacial score (nSPS) is 15.0. The molecule has 2 heterocycles. The van der Waals surface area contributed by atoms with Crippen LogP contribution in [-0.4, -0.2) is 28.3 Å². The highest BCUT2D eigenvalue weighted by atomic mass is 35.5. The van der Waals surface area contributed by atoms with E-state index >= 15 is 0 Å². The fourth-order valence-electron chi connectivity index (χ4n) is 2.31. The second-order valence-electron chi connectivity index (χ2n) is 4.94. The molecule has 1 aliphatic rings. The van der Waals surface area contributed by atoms with E-state index in [2.05, 4.69) is 25.4 Å². The van der Waals surface area contributed by atoms with E-state index in [0.29, 0.717) is 21.8 Å². The zero-order valence-corrected chi connectivity index (χ0v) is 12.9. The summed E-state index contributed by atoms with van der Waals surface area (Å²) in [4.78, 5) is 6.66. The van der Waals surface area contributed by atoms with Crippen LogP contribution in [0.1, 0.15) is 19.3 Å². The first-order valence-corrected chi connectivity index (χ1v) is 7.65. The van der Waals surface area contributed by atoms with Crippen molar-refractivity contribution in [2.75, 3.05) is 23.3 Å². The molecule has 21 heavy (non-hydrogen) atoms. The van der Waals surface area contributed by atoms with Gasteiger partial charge < -0.3 is 10.2 Å². The molecule has 1 fully saturated rings. The summed E-state index contributed by atoms with van der Waals surface area (Å²) in [6.07, 6.45) is 5.19. The van der Waals surface area contributed by atoms with Crippen molar-refractivity contribution < 1.29 is 0 Å². The minimum absolute atomic E-state index is 0.542. The number of rotatable bonds is 3. The summed E-state index contributed by atoms with van der Waals surface area (Å²) in [5.74, 6) is 1.28. The van der Waals surface area contributed by atoms with Gasteiger partial charge in [-0.1, -0.05) is 23.2 Å². The van der Waals surface area contributed by atoms with Gasteiger partial charge in [0.2, 0.25) is 5.95 Å². The number of piperidine rings is 1. The van der Waals surface area contributed by atoms with Crippen molar-refractivity contribution in [1.29, 1.82) is 0 Å². The first kappa shape index (κ1) is 14.4. The van der Waals surface area contributed by atoms with Gasteiger partial charge in [0.1, 0.15) is 0 Å². The van der Waals surface area contributed by atoms with E-state index in [1.165, 1.54) is 19.3 Å². The number of hydrogen-bond donors (Lipinski definition) is 1. The van der Waals surface area contributed by atoms with Crippen LogP contribution < -0.4 is 10.2 Å². The van der Waals surface area contributed by atoms with Gasteiger partial charge in [0, 0.05) is 18.1 Å². The molecule has 7 heteroatoms. The summed E-state index contributed by atoms with van der Waals surface area (Å²) in [6.45, 7) is 1.96. The second kappa shape index (κ2) is 6.45. The zero-order chi connectivity index (χ0) is 14.7. The van der Waals surface area contributed by atoms with E-state index in [1.807, 2.05) is 6.07 Å². The van der Waals surface area contributed by atoms with Crippen molar-refractivity contribution in [2.24, 2.45) is 0 Å². The monoisotopic (exact) mass is 323 g/mol. The van der Waals surface area contributed by atoms with Gasteiger partial charge in [-0.25, -0.2) is 0 Å². The van der Waals surface area contributed by atoms with Crippen LogP contribution in [0.4, 0.5) is 17.5 Å². The van der Waals surface area contributed by atoms with Crippen molar-refractivity contribution in [3.63, 3.8) is 0 Å². The summed E-state index contributed by atoms with van der Waals surface area (Å²) in [7, 11) is 0. The number of halogens is 2. The third-order valence-corrected chi connectivity index (χ3v) is 3.93. The van der Waals surface area contributed by atoms with Crippen LogP contribution in [0.3, 0.4) is 0 Å². The number of aromatic nitrogens is 3. The van der Waals surface area contributed by atoms with Gasteiger partial charge in [-0.3, -0.25) is 0 Å². The Hall–Kier alpha value is -1.59. The summed E-state index contributed by atoms with van der Waals surface area (Å²) in [5, 5.41) is 12.4. The van der Waals surface area contributed by atoms with Crippen LogP contribution in [0.25, 0.3) is 0 Å². The number of benzene rings is 1. The van der Waals surface area contributed by atoms with Gasteiger partial charge in [0.25, 0.3) is 0 Å². The molecule has 5 nitrogen and oxygen atoms in total. The van der Waals surface area contributed by atoms with Crippen LogP contribution in [-0.2, 0) is 0 Å². The molecule has 0 unspecified atom stereocenters. The largest absolute Gasteiger partial charge is 0.339 e. The molecule has 1 N–H and O–H groups in total. The highest BCUT2D eigenvalue weighted by Crippen LogP contribution is 2.27. The van der Waals surface area contributed by atoms with Crippen molar-refractivity contribution in [3.05, 3.63) is 34.4 Å². The predicted molar refractivity (Wildman–Crippen MR) is 85.6 cm³/mol. The number of hydrogen-bond acceptors (Lipinski definition) is 5. The van der Waals surface area contributed by atoms with E-state index in [0.717, 1.165) is 18.8 Å². The minimum Gasteiger partial charge on any atom is -0.339 e. The Labute approximate surface area is 133 Å². The molecule has 0 amide bonds. The summed E-state index contributed by atoms with van der Waals surface area (Å²) in [6, 6.07) is 5.27. The fourth-order valence-corrected chi connectivity index (χ4v) is 2.77. The molecule has 1 aromatic heterocycles. The first-order valence-electron chi connectivity index (χ1n) is 6.89. The molecule has 1 aliphatic heterocycles. The lowest BCUT2D eigenvalue weighted by atomic mass is 10.1. The van der Waals surface area contributed by atoms with Gasteiger partial charge in [-0.15, -0.1) is 5.10 Å². The predicted octanol–water partition coefficient (Wildman–Crippen LogP) is 3.91. The summed E-state index contributed by atoms with van der Waals surface area (Å²) in [5.41, 5.74) is 0.742. The Bertz CT molecular complexity index is 629. The van der Waals surface area contributed by atoms with Crippen molar-refractivity contribution >= 4 is 40.7 Å². The van der Waals surface area contributed by atoms with E-state index in [-0.39, 0.29) is 0 Å². The molecule has 110 valence electrons. The Morgan fingerprint density at radius 3 is 2.67 bits per heavy atom. The lowest BCUT2D eigenvalue weighted by molar-refractivity contribution is 0.565. The fraction of sp³-hybridized carbons (Fsp3) is 0.357. The summed E-state index contributed by atoms with van der Waals surface area (Å²) >= 11 is 12.0. The Kier molecular flexibility index (Phi) is 4.41. The first-order chi connectivity index (χ1) is 10.2. The molecule has 0 radical (unpaired) electrons. The van der Waals surface area contributed by atoms with E-state index in [4.69, 9.17) is 23.2 Å². The second-order valence-corrected chi connectivity index (χ2v) is 5.78. The van der Waals surface area contributed by atoms with Gasteiger partial charge in [0.15, 0.2) is 5.82 Å². The molecule has 0 spiro atoms. The van der Waals surface area contributed by atoms with Crippen molar-refractivity contribution in [1.82, 2.24) is 15.2 Å². The van der Waals surface area contributed by atoms with Crippen molar-refractivity contribution in [3.8, 4) is 0 Å². The van der Waals surface area contributed by atoms with Crippen LogP contribution in [0, 0.1) is 0 Å². The number of anilines is 3. The molecule has 0 atom stereocenters. The molecule has 2 aromatic rings. The minimum atomic E-state index is 0.542. The average molecular weight is 324 g/mol. The zero-order valence-electron chi connectivity index (χ0n) is 11.4. The molecule has 0 bridgehead atoms. The highest BCUT2D eigenvalue weighted by molar-refractivity contribution is 6.36. The van der Waals surface area contributed by atoms with E-state index < -0.39 is 0 Å². The maximum Gasteiger partial charge on any atom is 0.247 e. The molecule has 3 rings (SSSR count). The molecule has 0 saturated carbocycles. The molecule has 1 aromatic carbocycles. The molecular weight excluding hydrogens is 309 g/mol. The topological polar surface area (TPSA) is 53.9 Å². The third-order valence-electron chi connectivity index (χ3n) is 3.38. The Morgan fingerprint density at radius 1 is 1.10 bits per heavy atom. The lowest BCUT2D eigenvalue weighted by Crippen LogP contribution is -2.31. The van der Waals surface area contributed by atoms with Gasteiger partial charge in [-0.2, -0.15) is 10.1 Å². The van der Waals surface area contributed by atoms with Gasteiger partial charge >= 0.3 is 0 Å². The Balaban J connectivity index is 1.79. The Morgan fingerprint density at radius 2 is 1.90 bits per heavy atom. The van der Waals surface area contributed by atoms with Crippen molar-refractivity contribution in [2.45, 2.75) is 19.3 Å². The van der Waals surface area contributed by atoms with Crippen LogP contribution >= 0.6 is 23.2 Å².